The van der Waals surface area contributed by atoms with Crippen molar-refractivity contribution in [2.24, 2.45) is 0 Å². The molecule has 1 N–H and O–H groups in total. The molecule has 0 aliphatic rings. The third-order valence-electron chi connectivity index (χ3n) is 5.19. The summed E-state index contributed by atoms with van der Waals surface area (Å²) in [6, 6.07) is 7.51. The SMILES string of the molecule is CCOC(=O)c1nn(-c2cnc(N(C)C)nc2OC)c(C(C)C)c1C(O)c1ccc(C)cc1. The smallest absolute Gasteiger partial charge is 0.359 e. The molecule has 0 amide bonds. The molecule has 2 heterocycles. The molecule has 9 nitrogen and oxygen atoms in total. The number of benzene rings is 1. The first-order valence-corrected chi connectivity index (χ1v) is 10.8. The molecule has 0 saturated heterocycles. The Morgan fingerprint density at radius 3 is 2.42 bits per heavy atom. The maximum Gasteiger partial charge on any atom is 0.359 e. The summed E-state index contributed by atoms with van der Waals surface area (Å²) in [5, 5.41) is 16.0. The molecule has 2 aromatic heterocycles. The number of aliphatic hydroxyl groups excluding tert-OH is 1. The predicted octanol–water partition coefficient (Wildman–Crippen LogP) is 3.43. The van der Waals surface area contributed by atoms with E-state index in [4.69, 9.17) is 9.47 Å². The molecule has 3 rings (SSSR count). The van der Waals surface area contributed by atoms with E-state index >= 15 is 0 Å². The summed E-state index contributed by atoms with van der Waals surface area (Å²) in [6.07, 6.45) is 0.515. The van der Waals surface area contributed by atoms with Crippen LogP contribution < -0.4 is 9.64 Å². The molecule has 0 bridgehead atoms. The van der Waals surface area contributed by atoms with Gasteiger partial charge in [0.25, 0.3) is 0 Å². The molecule has 0 fully saturated rings. The van der Waals surface area contributed by atoms with E-state index in [0.717, 1.165) is 5.56 Å². The lowest BCUT2D eigenvalue weighted by atomic mass is 9.94. The van der Waals surface area contributed by atoms with Crippen molar-refractivity contribution in [2.45, 2.75) is 39.7 Å². The number of ether oxygens (including phenoxy) is 2. The summed E-state index contributed by atoms with van der Waals surface area (Å²) < 4.78 is 12.4. The maximum absolute atomic E-state index is 12.9. The molecular formula is C24H31N5O4. The second kappa shape index (κ2) is 9.99. The Morgan fingerprint density at radius 1 is 1.21 bits per heavy atom. The number of methoxy groups -OCH3 is 1. The highest BCUT2D eigenvalue weighted by atomic mass is 16.5. The Morgan fingerprint density at radius 2 is 1.88 bits per heavy atom. The van der Waals surface area contributed by atoms with E-state index in [1.54, 1.807) is 22.7 Å². The first kappa shape index (κ1) is 24.2. The molecule has 33 heavy (non-hydrogen) atoms. The average molecular weight is 454 g/mol. The van der Waals surface area contributed by atoms with Gasteiger partial charge in [-0.3, -0.25) is 0 Å². The molecule has 1 aromatic carbocycles. The molecule has 1 atom stereocenters. The number of rotatable bonds is 8. The Kier molecular flexibility index (Phi) is 7.33. The van der Waals surface area contributed by atoms with Gasteiger partial charge in [-0.1, -0.05) is 43.7 Å². The number of aliphatic hydroxyl groups is 1. The van der Waals surface area contributed by atoms with Crippen LogP contribution in [0.4, 0.5) is 5.95 Å². The van der Waals surface area contributed by atoms with Crippen LogP contribution in [-0.4, -0.2) is 58.6 Å². The van der Waals surface area contributed by atoms with Crippen LogP contribution in [0.15, 0.2) is 30.5 Å². The van der Waals surface area contributed by atoms with Crippen LogP contribution in [0.3, 0.4) is 0 Å². The van der Waals surface area contributed by atoms with Gasteiger partial charge in [0.1, 0.15) is 11.8 Å². The maximum atomic E-state index is 12.9. The molecule has 0 aliphatic carbocycles. The number of nitrogens with zero attached hydrogens (tertiary/aromatic N) is 5. The van der Waals surface area contributed by atoms with Crippen LogP contribution in [-0.2, 0) is 4.74 Å². The molecule has 3 aromatic rings. The summed E-state index contributed by atoms with van der Waals surface area (Å²) >= 11 is 0. The Labute approximate surface area is 194 Å². The van der Waals surface area contributed by atoms with Crippen LogP contribution in [0, 0.1) is 6.92 Å². The second-order valence-electron chi connectivity index (χ2n) is 8.21. The summed E-state index contributed by atoms with van der Waals surface area (Å²) in [7, 11) is 5.17. The fourth-order valence-electron chi connectivity index (χ4n) is 3.58. The number of hydrogen-bond acceptors (Lipinski definition) is 8. The predicted molar refractivity (Wildman–Crippen MR) is 125 cm³/mol. The zero-order valence-electron chi connectivity index (χ0n) is 20.2. The first-order valence-electron chi connectivity index (χ1n) is 10.8. The standard InChI is InChI=1S/C24H31N5O4/c1-8-33-23(31)19-18(21(30)16-11-9-15(4)10-12-16)20(14(2)3)29(27-19)17-13-25-24(28(5)6)26-22(17)32-7/h9-14,21,30H,8H2,1-7H3. The topological polar surface area (TPSA) is 103 Å². The van der Waals surface area contributed by atoms with Crippen LogP contribution in [0.25, 0.3) is 5.69 Å². The molecule has 0 saturated carbocycles. The van der Waals surface area contributed by atoms with Crippen molar-refractivity contribution in [3.8, 4) is 11.6 Å². The summed E-state index contributed by atoms with van der Waals surface area (Å²) in [4.78, 5) is 23.5. The van der Waals surface area contributed by atoms with Gasteiger partial charge in [0, 0.05) is 19.7 Å². The molecule has 9 heteroatoms. The molecule has 0 spiro atoms. The van der Waals surface area contributed by atoms with E-state index in [-0.39, 0.29) is 18.2 Å². The van der Waals surface area contributed by atoms with Gasteiger partial charge >= 0.3 is 5.97 Å². The lowest BCUT2D eigenvalue weighted by molar-refractivity contribution is 0.0513. The largest absolute Gasteiger partial charge is 0.479 e. The van der Waals surface area contributed by atoms with Gasteiger partial charge < -0.3 is 19.5 Å². The minimum absolute atomic E-state index is 0.0485. The lowest BCUT2D eigenvalue weighted by Gasteiger charge is -2.18. The Hall–Kier alpha value is -3.46. The molecule has 1 unspecified atom stereocenters. The van der Waals surface area contributed by atoms with Crippen molar-refractivity contribution < 1.29 is 19.4 Å². The number of aryl methyl sites for hydroxylation is 1. The fraction of sp³-hybridized carbons (Fsp3) is 0.417. The van der Waals surface area contributed by atoms with Crippen LogP contribution in [0.2, 0.25) is 0 Å². The second-order valence-corrected chi connectivity index (χ2v) is 8.21. The van der Waals surface area contributed by atoms with Gasteiger partial charge in [-0.25, -0.2) is 14.5 Å². The van der Waals surface area contributed by atoms with Crippen molar-refractivity contribution in [3.05, 3.63) is 58.5 Å². The van der Waals surface area contributed by atoms with E-state index in [2.05, 4.69) is 15.1 Å². The monoisotopic (exact) mass is 453 g/mol. The van der Waals surface area contributed by atoms with Gasteiger partial charge in [-0.2, -0.15) is 10.1 Å². The van der Waals surface area contributed by atoms with Crippen LogP contribution >= 0.6 is 0 Å². The number of esters is 1. The minimum Gasteiger partial charge on any atom is -0.479 e. The van der Waals surface area contributed by atoms with E-state index < -0.39 is 12.1 Å². The van der Waals surface area contributed by atoms with E-state index in [1.165, 1.54) is 7.11 Å². The zero-order chi connectivity index (χ0) is 24.3. The lowest BCUT2D eigenvalue weighted by Crippen LogP contribution is -2.15. The summed E-state index contributed by atoms with van der Waals surface area (Å²) in [6.45, 7) is 7.82. The molecule has 0 aliphatic heterocycles. The zero-order valence-corrected chi connectivity index (χ0v) is 20.2. The molecule has 176 valence electrons. The molecule has 0 radical (unpaired) electrons. The number of carbonyl (C=O) groups is 1. The first-order chi connectivity index (χ1) is 15.7. The van der Waals surface area contributed by atoms with Crippen LogP contribution in [0.1, 0.15) is 65.7 Å². The Bertz CT molecular complexity index is 1120. The minimum atomic E-state index is -1.08. The van der Waals surface area contributed by atoms with Crippen molar-refractivity contribution >= 4 is 11.9 Å². The van der Waals surface area contributed by atoms with Crippen LogP contribution in [0.5, 0.6) is 5.88 Å². The third-order valence-corrected chi connectivity index (χ3v) is 5.19. The molecular weight excluding hydrogens is 422 g/mol. The van der Waals surface area contributed by atoms with Gasteiger partial charge in [-0.05, 0) is 25.3 Å². The van der Waals surface area contributed by atoms with Gasteiger partial charge in [0.15, 0.2) is 5.69 Å². The highest BCUT2D eigenvalue weighted by Crippen LogP contribution is 2.36. The fourth-order valence-corrected chi connectivity index (χ4v) is 3.58. The quantitative estimate of drug-likeness (QED) is 0.518. The Balaban J connectivity index is 2.29. The van der Waals surface area contributed by atoms with Gasteiger partial charge in [0.05, 0.1) is 25.6 Å². The van der Waals surface area contributed by atoms with Gasteiger partial charge in [0.2, 0.25) is 11.8 Å². The van der Waals surface area contributed by atoms with Gasteiger partial charge in [-0.15, -0.1) is 0 Å². The number of aromatic nitrogens is 4. The normalized spacial score (nSPS) is 12.0. The number of hydrogen-bond donors (Lipinski definition) is 1. The van der Waals surface area contributed by atoms with Crippen molar-refractivity contribution in [3.63, 3.8) is 0 Å². The summed E-state index contributed by atoms with van der Waals surface area (Å²) in [5.41, 5.74) is 3.27. The highest BCUT2D eigenvalue weighted by Gasteiger charge is 2.32. The summed E-state index contributed by atoms with van der Waals surface area (Å²) in [5.74, 6) is 0.0578. The average Bonchev–Trinajstić information content (AvgIpc) is 3.19. The third kappa shape index (κ3) is 4.83. The highest BCUT2D eigenvalue weighted by molar-refractivity contribution is 5.90. The number of anilines is 1. The van der Waals surface area contributed by atoms with Crippen molar-refractivity contribution in [1.29, 1.82) is 0 Å². The van der Waals surface area contributed by atoms with Crippen molar-refractivity contribution in [2.75, 3.05) is 32.7 Å². The van der Waals surface area contributed by atoms with Crippen molar-refractivity contribution in [1.82, 2.24) is 19.7 Å². The van der Waals surface area contributed by atoms with E-state index in [1.807, 2.05) is 59.1 Å². The van der Waals surface area contributed by atoms with E-state index in [9.17, 15) is 9.90 Å². The van der Waals surface area contributed by atoms with E-state index in [0.29, 0.717) is 34.3 Å². The number of carbonyl (C=O) groups excluding carboxylic acids is 1.